The van der Waals surface area contributed by atoms with Crippen LogP contribution in [0.5, 0.6) is 0 Å². The van der Waals surface area contributed by atoms with E-state index < -0.39 is 21.7 Å². The molecule has 1 aromatic heterocycles. The molecule has 1 unspecified atom stereocenters. The minimum absolute atomic E-state index is 0.0593. The van der Waals surface area contributed by atoms with E-state index in [0.29, 0.717) is 5.56 Å². The molecular weight excluding hydrogens is 405 g/mol. The van der Waals surface area contributed by atoms with Crippen molar-refractivity contribution < 1.29 is 17.6 Å². The van der Waals surface area contributed by atoms with Gasteiger partial charge in [-0.2, -0.15) is 0 Å². The molecule has 3 aromatic rings. The van der Waals surface area contributed by atoms with Crippen molar-refractivity contribution in [3.8, 4) is 0 Å². The van der Waals surface area contributed by atoms with E-state index in [4.69, 9.17) is 0 Å². The molecule has 1 N–H and O–H groups in total. The molecule has 0 spiro atoms. The number of nitrogens with zero attached hydrogens (tertiary/aromatic N) is 2. The Labute approximate surface area is 172 Å². The lowest BCUT2D eigenvalue weighted by atomic mass is 10.2. The zero-order chi connectivity index (χ0) is 21.3. The Balaban J connectivity index is 1.46. The maximum atomic E-state index is 13.5. The fourth-order valence-corrected chi connectivity index (χ4v) is 4.72. The van der Waals surface area contributed by atoms with Crippen LogP contribution in [0.1, 0.15) is 11.1 Å². The first kappa shape index (κ1) is 19.9. The Morgan fingerprint density at radius 2 is 1.90 bits per heavy atom. The molecule has 1 aliphatic heterocycles. The highest BCUT2D eigenvalue weighted by Crippen LogP contribution is 2.25. The molecular formula is C22H18FN3O3S. The van der Waals surface area contributed by atoms with Gasteiger partial charge in [0, 0.05) is 24.2 Å². The highest BCUT2D eigenvalue weighted by molar-refractivity contribution is 7.91. The molecule has 8 heteroatoms. The van der Waals surface area contributed by atoms with Crippen LogP contribution in [0.4, 0.5) is 4.39 Å². The SMILES string of the molecule is Cc1ccc(F)cc1S(=O)(=O)c1ccc(CNC(=O)C2C=c3cnccc3=N2)cc1. The standard InChI is InChI=1S/C22H18FN3O3S/c1-14-2-5-17(23)11-21(14)30(28,29)18-6-3-15(4-7-18)12-25-22(27)20-10-16-13-24-9-8-19(16)26-20/h2-11,13,20H,12H2,1H3,(H,25,27). The highest BCUT2D eigenvalue weighted by Gasteiger charge is 2.21. The second-order valence-corrected chi connectivity index (χ2v) is 8.87. The summed E-state index contributed by atoms with van der Waals surface area (Å²) >= 11 is 0. The number of rotatable bonds is 5. The third-order valence-electron chi connectivity index (χ3n) is 4.85. The lowest BCUT2D eigenvalue weighted by molar-refractivity contribution is -0.121. The number of sulfone groups is 1. The van der Waals surface area contributed by atoms with Crippen molar-refractivity contribution >= 4 is 21.8 Å². The number of aromatic nitrogens is 1. The van der Waals surface area contributed by atoms with Crippen LogP contribution in [0, 0.1) is 12.7 Å². The summed E-state index contributed by atoms with van der Waals surface area (Å²) in [5.41, 5.74) is 1.20. The molecule has 1 atom stereocenters. The van der Waals surface area contributed by atoms with Gasteiger partial charge in [-0.05, 0) is 54.5 Å². The zero-order valence-corrected chi connectivity index (χ0v) is 16.9. The minimum Gasteiger partial charge on any atom is -0.350 e. The first-order chi connectivity index (χ1) is 14.3. The van der Waals surface area contributed by atoms with E-state index in [-0.39, 0.29) is 22.2 Å². The predicted octanol–water partition coefficient (Wildman–Crippen LogP) is 1.46. The van der Waals surface area contributed by atoms with Crippen LogP contribution < -0.4 is 15.9 Å². The number of carbonyl (C=O) groups is 1. The second-order valence-electron chi connectivity index (χ2n) is 6.95. The van der Waals surface area contributed by atoms with Gasteiger partial charge >= 0.3 is 0 Å². The number of fused-ring (bicyclic) bond motifs is 1. The molecule has 0 bridgehead atoms. The lowest BCUT2D eigenvalue weighted by Crippen LogP contribution is -2.31. The largest absolute Gasteiger partial charge is 0.350 e. The van der Waals surface area contributed by atoms with Crippen LogP contribution in [-0.2, 0) is 21.2 Å². The predicted molar refractivity (Wildman–Crippen MR) is 108 cm³/mol. The summed E-state index contributed by atoms with van der Waals surface area (Å²) in [6, 6.07) is 11.0. The summed E-state index contributed by atoms with van der Waals surface area (Å²) in [7, 11) is -3.84. The zero-order valence-electron chi connectivity index (χ0n) is 16.0. The van der Waals surface area contributed by atoms with Gasteiger partial charge in [-0.15, -0.1) is 0 Å². The molecule has 30 heavy (non-hydrogen) atoms. The fraction of sp³-hybridized carbons (Fsp3) is 0.136. The van der Waals surface area contributed by atoms with Gasteiger partial charge in [-0.3, -0.25) is 14.8 Å². The number of halogens is 1. The molecule has 0 saturated carbocycles. The molecule has 2 heterocycles. The Kier molecular flexibility index (Phi) is 5.17. The average molecular weight is 423 g/mol. The van der Waals surface area contributed by atoms with Gasteiger partial charge < -0.3 is 5.32 Å². The van der Waals surface area contributed by atoms with Gasteiger partial charge in [0.1, 0.15) is 11.9 Å². The maximum Gasteiger partial charge on any atom is 0.249 e. The van der Waals surface area contributed by atoms with Crippen molar-refractivity contribution in [2.24, 2.45) is 4.99 Å². The summed E-state index contributed by atoms with van der Waals surface area (Å²) in [6.07, 6.45) is 5.03. The molecule has 6 nitrogen and oxygen atoms in total. The molecule has 0 saturated heterocycles. The molecule has 0 fully saturated rings. The number of hydrogen-bond donors (Lipinski definition) is 1. The van der Waals surface area contributed by atoms with Crippen LogP contribution in [0.3, 0.4) is 0 Å². The highest BCUT2D eigenvalue weighted by atomic mass is 32.2. The van der Waals surface area contributed by atoms with E-state index in [0.717, 1.165) is 22.2 Å². The van der Waals surface area contributed by atoms with Gasteiger partial charge in [-0.25, -0.2) is 12.8 Å². The Hall–Kier alpha value is -3.39. The first-order valence-electron chi connectivity index (χ1n) is 9.22. The van der Waals surface area contributed by atoms with Gasteiger partial charge in [0.25, 0.3) is 0 Å². The van der Waals surface area contributed by atoms with Crippen LogP contribution in [-0.4, -0.2) is 25.4 Å². The van der Waals surface area contributed by atoms with Crippen molar-refractivity contribution in [2.45, 2.75) is 29.3 Å². The van der Waals surface area contributed by atoms with E-state index in [2.05, 4.69) is 15.3 Å². The quantitative estimate of drug-likeness (QED) is 0.673. The van der Waals surface area contributed by atoms with Crippen molar-refractivity contribution in [1.82, 2.24) is 10.3 Å². The number of benzene rings is 2. The van der Waals surface area contributed by atoms with Crippen molar-refractivity contribution in [1.29, 1.82) is 0 Å². The molecule has 0 radical (unpaired) electrons. The molecule has 152 valence electrons. The van der Waals surface area contributed by atoms with Gasteiger partial charge in [0.15, 0.2) is 0 Å². The van der Waals surface area contributed by atoms with Crippen LogP contribution in [0.25, 0.3) is 6.08 Å². The average Bonchev–Trinajstić information content (AvgIpc) is 3.18. The maximum absolute atomic E-state index is 13.5. The molecule has 1 amide bonds. The number of aryl methyl sites for hydroxylation is 1. The molecule has 1 aliphatic rings. The van der Waals surface area contributed by atoms with Crippen LogP contribution in [0.15, 0.2) is 75.7 Å². The smallest absolute Gasteiger partial charge is 0.249 e. The topological polar surface area (TPSA) is 88.5 Å². The Bertz CT molecular complexity index is 1320. The molecule has 0 aliphatic carbocycles. The number of pyridine rings is 1. The number of amides is 1. The van der Waals surface area contributed by atoms with Crippen molar-refractivity contribution in [2.75, 3.05) is 0 Å². The van der Waals surface area contributed by atoms with E-state index >= 15 is 0 Å². The van der Waals surface area contributed by atoms with E-state index in [1.54, 1.807) is 43.6 Å². The Morgan fingerprint density at radius 3 is 2.63 bits per heavy atom. The van der Waals surface area contributed by atoms with Crippen molar-refractivity contribution in [3.05, 3.63) is 88.4 Å². The van der Waals surface area contributed by atoms with Gasteiger partial charge in [-0.1, -0.05) is 18.2 Å². The third kappa shape index (κ3) is 3.86. The molecule has 4 rings (SSSR count). The first-order valence-corrected chi connectivity index (χ1v) is 10.7. The third-order valence-corrected chi connectivity index (χ3v) is 6.76. The van der Waals surface area contributed by atoms with E-state index in [1.165, 1.54) is 24.3 Å². The summed E-state index contributed by atoms with van der Waals surface area (Å²) < 4.78 is 39.1. The van der Waals surface area contributed by atoms with Crippen LogP contribution >= 0.6 is 0 Å². The van der Waals surface area contributed by atoms with Crippen molar-refractivity contribution in [3.63, 3.8) is 0 Å². The second kappa shape index (κ2) is 7.79. The van der Waals surface area contributed by atoms with Gasteiger partial charge in [0.2, 0.25) is 15.7 Å². The summed E-state index contributed by atoms with van der Waals surface area (Å²) in [4.78, 5) is 20.7. The van der Waals surface area contributed by atoms with E-state index in [1.807, 2.05) is 0 Å². The number of nitrogens with one attached hydrogen (secondary N) is 1. The summed E-state index contributed by atoms with van der Waals surface area (Å²) in [6.45, 7) is 1.85. The number of carbonyl (C=O) groups excluding carboxylic acids is 1. The number of hydrogen-bond acceptors (Lipinski definition) is 5. The van der Waals surface area contributed by atoms with Crippen LogP contribution in [0.2, 0.25) is 0 Å². The molecule has 2 aromatic carbocycles. The summed E-state index contributed by atoms with van der Waals surface area (Å²) in [5.74, 6) is -0.858. The minimum atomic E-state index is -3.84. The fourth-order valence-electron chi connectivity index (χ4n) is 3.21. The lowest BCUT2D eigenvalue weighted by Gasteiger charge is -2.10. The van der Waals surface area contributed by atoms with E-state index in [9.17, 15) is 17.6 Å². The Morgan fingerprint density at radius 1 is 1.13 bits per heavy atom. The normalized spacial score (nSPS) is 15.1. The summed E-state index contributed by atoms with van der Waals surface area (Å²) in [5, 5.41) is 4.35. The monoisotopic (exact) mass is 423 g/mol. The van der Waals surface area contributed by atoms with Gasteiger partial charge in [0.05, 0.1) is 15.1 Å².